The van der Waals surface area contributed by atoms with E-state index in [9.17, 15) is 14.4 Å². The first-order valence-electron chi connectivity index (χ1n) is 6.10. The van der Waals surface area contributed by atoms with E-state index >= 15 is 0 Å². The molecule has 0 saturated carbocycles. The number of nitrogens with zero attached hydrogens (tertiary/aromatic N) is 1. The molecule has 21 heavy (non-hydrogen) atoms. The number of rotatable bonds is 3. The third kappa shape index (κ3) is 2.69. The molecule has 0 bridgehead atoms. The molecule has 0 radical (unpaired) electrons. The Kier molecular flexibility index (Phi) is 4.11. The second-order valence-electron chi connectivity index (χ2n) is 4.74. The number of carbonyl (C=O) groups is 3. The Morgan fingerprint density at radius 1 is 1.38 bits per heavy atom. The highest BCUT2D eigenvalue weighted by atomic mass is 35.5. The molecule has 0 aromatic heterocycles. The molecule has 2 rings (SSSR count). The van der Waals surface area contributed by atoms with Gasteiger partial charge in [0.05, 0.1) is 0 Å². The van der Waals surface area contributed by atoms with Gasteiger partial charge in [0, 0.05) is 22.7 Å². The second-order valence-corrected chi connectivity index (χ2v) is 5.59. The lowest BCUT2D eigenvalue weighted by Crippen LogP contribution is -2.42. The van der Waals surface area contributed by atoms with Crippen molar-refractivity contribution in [1.29, 1.82) is 0 Å². The van der Waals surface area contributed by atoms with E-state index < -0.39 is 23.4 Å². The van der Waals surface area contributed by atoms with Gasteiger partial charge >= 0.3 is 6.03 Å². The molecule has 6 nitrogen and oxygen atoms in total. The normalized spacial score (nSPS) is 21.4. The van der Waals surface area contributed by atoms with E-state index in [4.69, 9.17) is 23.2 Å². The zero-order valence-electron chi connectivity index (χ0n) is 11.4. The minimum Gasteiger partial charge on any atom is -0.358 e. The molecule has 1 aliphatic rings. The molecular formula is C13H13Cl2N3O3. The van der Waals surface area contributed by atoms with Crippen molar-refractivity contribution in [1.82, 2.24) is 15.5 Å². The summed E-state index contributed by atoms with van der Waals surface area (Å²) < 4.78 is 0. The van der Waals surface area contributed by atoms with Crippen LogP contribution in [0, 0.1) is 0 Å². The van der Waals surface area contributed by atoms with E-state index in [1.165, 1.54) is 20.0 Å². The van der Waals surface area contributed by atoms with Gasteiger partial charge in [-0.1, -0.05) is 29.3 Å². The summed E-state index contributed by atoms with van der Waals surface area (Å²) in [6.45, 7) is 1.19. The van der Waals surface area contributed by atoms with Crippen LogP contribution in [0.3, 0.4) is 0 Å². The fourth-order valence-electron chi connectivity index (χ4n) is 2.14. The number of likely N-dealkylation sites (N-methyl/N-ethyl adjacent to an activating group) is 1. The van der Waals surface area contributed by atoms with Crippen molar-refractivity contribution >= 4 is 41.0 Å². The van der Waals surface area contributed by atoms with E-state index in [1.54, 1.807) is 12.1 Å². The average molecular weight is 330 g/mol. The SMILES string of the molecule is CNC(=O)CN1C(=O)NC(C)(c2ccc(Cl)cc2Cl)C1=O. The number of nitrogens with one attached hydrogen (secondary N) is 2. The Bertz CT molecular complexity index is 635. The van der Waals surface area contributed by atoms with Crippen LogP contribution in [0.2, 0.25) is 10.0 Å². The molecule has 8 heteroatoms. The standard InChI is InChI=1S/C13H13Cl2N3O3/c1-13(8-4-3-7(14)5-9(8)15)11(20)18(12(21)17-13)6-10(19)16-2/h3-5H,6H2,1-2H3,(H,16,19)(H,17,21). The molecule has 1 aromatic carbocycles. The number of imide groups is 1. The summed E-state index contributed by atoms with van der Waals surface area (Å²) in [5, 5.41) is 5.62. The maximum atomic E-state index is 12.5. The molecule has 1 saturated heterocycles. The highest BCUT2D eigenvalue weighted by Crippen LogP contribution is 2.34. The van der Waals surface area contributed by atoms with Gasteiger partial charge in [-0.05, 0) is 19.1 Å². The maximum Gasteiger partial charge on any atom is 0.325 e. The second kappa shape index (κ2) is 5.54. The van der Waals surface area contributed by atoms with Crippen molar-refractivity contribution in [2.45, 2.75) is 12.5 Å². The summed E-state index contributed by atoms with van der Waals surface area (Å²) in [5.41, 5.74) is -0.904. The highest BCUT2D eigenvalue weighted by molar-refractivity contribution is 6.35. The molecule has 0 spiro atoms. The predicted octanol–water partition coefficient (Wildman–Crippen LogP) is 1.51. The van der Waals surface area contributed by atoms with Crippen LogP contribution in [0.25, 0.3) is 0 Å². The highest BCUT2D eigenvalue weighted by Gasteiger charge is 2.50. The summed E-state index contributed by atoms with van der Waals surface area (Å²) in [6, 6.07) is 4.00. The number of hydrogen-bond acceptors (Lipinski definition) is 3. The number of amides is 4. The molecular weight excluding hydrogens is 317 g/mol. The topological polar surface area (TPSA) is 78.5 Å². The lowest BCUT2D eigenvalue weighted by Gasteiger charge is -2.23. The Morgan fingerprint density at radius 3 is 2.62 bits per heavy atom. The average Bonchev–Trinajstić information content (AvgIpc) is 2.62. The molecule has 4 amide bonds. The molecule has 1 heterocycles. The third-order valence-corrected chi connectivity index (χ3v) is 3.87. The van der Waals surface area contributed by atoms with Crippen LogP contribution in [-0.2, 0) is 15.1 Å². The minimum absolute atomic E-state index is 0.264. The van der Waals surface area contributed by atoms with Crippen LogP contribution >= 0.6 is 23.2 Å². The van der Waals surface area contributed by atoms with Gasteiger partial charge in [0.15, 0.2) is 0 Å². The predicted molar refractivity (Wildman–Crippen MR) is 78.1 cm³/mol. The van der Waals surface area contributed by atoms with Crippen molar-refractivity contribution < 1.29 is 14.4 Å². The first-order valence-corrected chi connectivity index (χ1v) is 6.85. The van der Waals surface area contributed by atoms with Crippen LogP contribution < -0.4 is 10.6 Å². The summed E-state index contributed by atoms with van der Waals surface area (Å²) in [7, 11) is 1.43. The first-order chi connectivity index (χ1) is 9.79. The zero-order valence-corrected chi connectivity index (χ0v) is 12.9. The van der Waals surface area contributed by atoms with Crippen molar-refractivity contribution in [3.63, 3.8) is 0 Å². The van der Waals surface area contributed by atoms with E-state index in [0.29, 0.717) is 10.6 Å². The number of urea groups is 1. The molecule has 0 aliphatic carbocycles. The van der Waals surface area contributed by atoms with Crippen LogP contribution in [0.5, 0.6) is 0 Å². The number of carbonyl (C=O) groups excluding carboxylic acids is 3. The van der Waals surface area contributed by atoms with Gasteiger partial charge in [-0.15, -0.1) is 0 Å². The third-order valence-electron chi connectivity index (χ3n) is 3.33. The van der Waals surface area contributed by atoms with Crippen molar-refractivity contribution in [3.8, 4) is 0 Å². The van der Waals surface area contributed by atoms with Gasteiger partial charge in [0.2, 0.25) is 5.91 Å². The van der Waals surface area contributed by atoms with E-state index in [2.05, 4.69) is 10.6 Å². The van der Waals surface area contributed by atoms with Crippen LogP contribution in [0.4, 0.5) is 4.79 Å². The Morgan fingerprint density at radius 2 is 2.05 bits per heavy atom. The van der Waals surface area contributed by atoms with Crippen LogP contribution in [0.1, 0.15) is 12.5 Å². The summed E-state index contributed by atoms with van der Waals surface area (Å²) in [6.07, 6.45) is 0. The molecule has 112 valence electrons. The molecule has 1 unspecified atom stereocenters. The van der Waals surface area contributed by atoms with E-state index in [1.807, 2.05) is 0 Å². The number of hydrogen-bond donors (Lipinski definition) is 2. The lowest BCUT2D eigenvalue weighted by molar-refractivity contribution is -0.134. The van der Waals surface area contributed by atoms with E-state index in [-0.39, 0.29) is 11.6 Å². The van der Waals surface area contributed by atoms with Gasteiger partial charge in [0.1, 0.15) is 12.1 Å². The Labute approximate surface area is 131 Å². The summed E-state index contributed by atoms with van der Waals surface area (Å²) >= 11 is 11.9. The van der Waals surface area contributed by atoms with Gasteiger partial charge in [-0.3, -0.25) is 14.5 Å². The fraction of sp³-hybridized carbons (Fsp3) is 0.308. The van der Waals surface area contributed by atoms with Crippen LogP contribution in [-0.4, -0.2) is 36.3 Å². The van der Waals surface area contributed by atoms with Gasteiger partial charge in [-0.2, -0.15) is 0 Å². The van der Waals surface area contributed by atoms with Crippen LogP contribution in [0.15, 0.2) is 18.2 Å². The van der Waals surface area contributed by atoms with Crippen molar-refractivity contribution in [2.24, 2.45) is 0 Å². The minimum atomic E-state index is -1.33. The molecule has 1 aromatic rings. The summed E-state index contributed by atoms with van der Waals surface area (Å²) in [4.78, 5) is 36.7. The molecule has 1 aliphatic heterocycles. The Hall–Kier alpha value is -1.79. The first kappa shape index (κ1) is 15.6. The van der Waals surface area contributed by atoms with Gasteiger partial charge in [-0.25, -0.2) is 4.79 Å². The monoisotopic (exact) mass is 329 g/mol. The Balaban J connectivity index is 2.38. The quantitative estimate of drug-likeness (QED) is 0.825. The van der Waals surface area contributed by atoms with Crippen molar-refractivity contribution in [3.05, 3.63) is 33.8 Å². The molecule has 1 fully saturated rings. The number of benzene rings is 1. The van der Waals surface area contributed by atoms with Gasteiger partial charge in [0.25, 0.3) is 5.91 Å². The zero-order chi connectivity index (χ0) is 15.8. The number of halogens is 2. The van der Waals surface area contributed by atoms with E-state index in [0.717, 1.165) is 4.90 Å². The maximum absolute atomic E-state index is 12.5. The molecule has 1 atom stereocenters. The van der Waals surface area contributed by atoms with Crippen molar-refractivity contribution in [2.75, 3.05) is 13.6 Å². The van der Waals surface area contributed by atoms with Gasteiger partial charge < -0.3 is 10.6 Å². The molecule has 2 N–H and O–H groups in total. The lowest BCUT2D eigenvalue weighted by atomic mass is 9.92. The summed E-state index contributed by atoms with van der Waals surface area (Å²) in [5.74, 6) is -0.981. The smallest absolute Gasteiger partial charge is 0.325 e. The largest absolute Gasteiger partial charge is 0.358 e. The fourth-order valence-corrected chi connectivity index (χ4v) is 2.74.